The quantitative estimate of drug-likeness (QED) is 0.923. The summed E-state index contributed by atoms with van der Waals surface area (Å²) in [7, 11) is -3.54. The van der Waals surface area contributed by atoms with Crippen LogP contribution in [0.1, 0.15) is 11.3 Å². The lowest BCUT2D eigenvalue weighted by atomic mass is 10.2. The van der Waals surface area contributed by atoms with Crippen molar-refractivity contribution in [2.45, 2.75) is 18.4 Å². The van der Waals surface area contributed by atoms with Crippen LogP contribution >= 0.6 is 15.9 Å². The maximum atomic E-state index is 12.1. The van der Waals surface area contributed by atoms with Crippen molar-refractivity contribution in [2.75, 3.05) is 0 Å². The van der Waals surface area contributed by atoms with Gasteiger partial charge in [0.05, 0.1) is 17.1 Å². The summed E-state index contributed by atoms with van der Waals surface area (Å²) in [6.07, 6.45) is 1.54. The van der Waals surface area contributed by atoms with Gasteiger partial charge in [-0.3, -0.25) is 0 Å². The molecule has 0 fully saturated rings. The number of aryl methyl sites for hydroxylation is 1. The van der Waals surface area contributed by atoms with Gasteiger partial charge in [-0.2, -0.15) is 10.2 Å². The van der Waals surface area contributed by atoms with Crippen LogP contribution < -0.4 is 4.72 Å². The second-order valence-corrected chi connectivity index (χ2v) is 6.57. The van der Waals surface area contributed by atoms with Crippen LogP contribution in [-0.2, 0) is 16.6 Å². The summed E-state index contributed by atoms with van der Waals surface area (Å²) in [6, 6.07) is 8.30. The van der Waals surface area contributed by atoms with Crippen LogP contribution in [0.3, 0.4) is 0 Å². The summed E-state index contributed by atoms with van der Waals surface area (Å²) in [4.78, 5) is 0.233. The van der Waals surface area contributed by atoms with Gasteiger partial charge in [0.2, 0.25) is 10.0 Å². The molecule has 0 radical (unpaired) electrons. The van der Waals surface area contributed by atoms with Gasteiger partial charge < -0.3 is 0 Å². The van der Waals surface area contributed by atoms with Crippen LogP contribution in [0.5, 0.6) is 0 Å². The van der Waals surface area contributed by atoms with Crippen LogP contribution in [-0.4, -0.2) is 18.6 Å². The fraction of sp³-hybridized carbons (Fsp3) is 0.167. The van der Waals surface area contributed by atoms with E-state index in [1.807, 2.05) is 6.92 Å². The number of rotatable bonds is 4. The predicted octanol–water partition coefficient (Wildman–Crippen LogP) is 2.03. The lowest BCUT2D eigenvalue weighted by Gasteiger charge is -2.07. The largest absolute Gasteiger partial charge is 0.240 e. The number of aromatic nitrogens is 2. The Bertz CT molecular complexity index is 675. The monoisotopic (exact) mass is 341 g/mol. The summed E-state index contributed by atoms with van der Waals surface area (Å²) in [5, 5.41) is 7.52. The molecule has 0 aliphatic heterocycles. The normalized spacial score (nSPS) is 11.5. The molecular weight excluding hydrogens is 330 g/mol. The molecule has 100 valence electrons. The molecule has 0 saturated heterocycles. The minimum atomic E-state index is -3.54. The fourth-order valence-electron chi connectivity index (χ4n) is 1.46. The minimum absolute atomic E-state index is 0.116. The van der Waals surface area contributed by atoms with E-state index in [9.17, 15) is 8.42 Å². The van der Waals surface area contributed by atoms with Gasteiger partial charge >= 0.3 is 0 Å². The second kappa shape index (κ2) is 5.77. The molecule has 0 aliphatic rings. The first-order chi connectivity index (χ1) is 8.99. The first-order valence-corrected chi connectivity index (χ1v) is 7.79. The number of halogens is 1. The Morgan fingerprint density at radius 3 is 2.74 bits per heavy atom. The average Bonchev–Trinajstić information content (AvgIpc) is 2.41. The van der Waals surface area contributed by atoms with Crippen molar-refractivity contribution in [3.05, 3.63) is 52.3 Å². The lowest BCUT2D eigenvalue weighted by molar-refractivity contribution is 0.580. The topological polar surface area (TPSA) is 72.0 Å². The predicted molar refractivity (Wildman–Crippen MR) is 74.9 cm³/mol. The van der Waals surface area contributed by atoms with Gasteiger partial charge in [-0.25, -0.2) is 13.1 Å². The van der Waals surface area contributed by atoms with Crippen molar-refractivity contribution in [3.8, 4) is 0 Å². The molecule has 0 amide bonds. The molecule has 2 rings (SSSR count). The van der Waals surface area contributed by atoms with Crippen molar-refractivity contribution in [2.24, 2.45) is 0 Å². The first-order valence-electron chi connectivity index (χ1n) is 5.51. The zero-order chi connectivity index (χ0) is 13.9. The van der Waals surface area contributed by atoms with Crippen molar-refractivity contribution >= 4 is 26.0 Å². The van der Waals surface area contributed by atoms with Crippen molar-refractivity contribution in [1.82, 2.24) is 14.9 Å². The maximum Gasteiger partial charge on any atom is 0.240 e. The fourth-order valence-corrected chi connectivity index (χ4v) is 2.79. The standard InChI is InChI=1S/C12H12BrN3O2S/c1-9-7-11(4-5-12(9)13)19(17,18)15-8-10-3-2-6-14-16-10/h2-7,15H,8H2,1H3. The molecule has 0 aliphatic carbocycles. The Labute approximate surface area is 120 Å². The van der Waals surface area contributed by atoms with E-state index in [4.69, 9.17) is 0 Å². The van der Waals surface area contributed by atoms with Crippen molar-refractivity contribution < 1.29 is 8.42 Å². The molecule has 7 heteroatoms. The Morgan fingerprint density at radius 2 is 2.11 bits per heavy atom. The summed E-state index contributed by atoms with van der Waals surface area (Å²) in [6.45, 7) is 1.96. The van der Waals surface area contributed by atoms with E-state index in [0.717, 1.165) is 10.0 Å². The van der Waals surface area contributed by atoms with Crippen molar-refractivity contribution in [1.29, 1.82) is 0 Å². The highest BCUT2D eigenvalue weighted by molar-refractivity contribution is 9.10. The third kappa shape index (κ3) is 3.59. The average molecular weight is 342 g/mol. The van der Waals surface area contributed by atoms with E-state index < -0.39 is 10.0 Å². The van der Waals surface area contributed by atoms with E-state index in [1.165, 1.54) is 6.20 Å². The van der Waals surface area contributed by atoms with Gasteiger partial charge in [-0.15, -0.1) is 0 Å². The Hall–Kier alpha value is -1.31. The number of hydrogen-bond donors (Lipinski definition) is 1. The Morgan fingerprint density at radius 1 is 1.32 bits per heavy atom. The van der Waals surface area contributed by atoms with Gasteiger partial charge in [-0.1, -0.05) is 15.9 Å². The zero-order valence-electron chi connectivity index (χ0n) is 10.2. The second-order valence-electron chi connectivity index (χ2n) is 3.95. The molecule has 5 nitrogen and oxygen atoms in total. The third-order valence-electron chi connectivity index (χ3n) is 2.51. The van der Waals surface area contributed by atoms with Crippen LogP contribution in [0.4, 0.5) is 0 Å². The van der Waals surface area contributed by atoms with E-state index in [-0.39, 0.29) is 11.4 Å². The highest BCUT2D eigenvalue weighted by atomic mass is 79.9. The van der Waals surface area contributed by atoms with Crippen LogP contribution in [0.15, 0.2) is 45.9 Å². The molecule has 2 aromatic rings. The van der Waals surface area contributed by atoms with Crippen LogP contribution in [0.2, 0.25) is 0 Å². The van der Waals surface area contributed by atoms with E-state index in [1.54, 1.807) is 30.3 Å². The molecule has 0 saturated carbocycles. The number of nitrogens with zero attached hydrogens (tertiary/aromatic N) is 2. The Kier molecular flexibility index (Phi) is 4.28. The van der Waals surface area contributed by atoms with Gasteiger partial charge in [0.25, 0.3) is 0 Å². The lowest BCUT2D eigenvalue weighted by Crippen LogP contribution is -2.23. The maximum absolute atomic E-state index is 12.1. The molecule has 0 unspecified atom stereocenters. The molecule has 1 aromatic carbocycles. The first kappa shape index (κ1) is 14.1. The smallest absolute Gasteiger partial charge is 0.207 e. The summed E-state index contributed by atoms with van der Waals surface area (Å²) >= 11 is 3.34. The molecule has 0 atom stereocenters. The highest BCUT2D eigenvalue weighted by Gasteiger charge is 2.14. The SMILES string of the molecule is Cc1cc(S(=O)(=O)NCc2cccnn2)ccc1Br. The summed E-state index contributed by atoms with van der Waals surface area (Å²) in [5.74, 6) is 0. The molecule has 0 bridgehead atoms. The molecule has 1 N–H and O–H groups in total. The zero-order valence-corrected chi connectivity index (χ0v) is 12.6. The Balaban J connectivity index is 2.16. The molecule has 19 heavy (non-hydrogen) atoms. The van der Waals surface area contributed by atoms with Gasteiger partial charge in [-0.05, 0) is 42.8 Å². The number of hydrogen-bond acceptors (Lipinski definition) is 4. The van der Waals surface area contributed by atoms with Gasteiger partial charge in [0, 0.05) is 10.7 Å². The highest BCUT2D eigenvalue weighted by Crippen LogP contribution is 2.19. The summed E-state index contributed by atoms with van der Waals surface area (Å²) in [5.41, 5.74) is 1.43. The molecule has 1 heterocycles. The molecule has 1 aromatic heterocycles. The number of benzene rings is 1. The molecule has 0 spiro atoms. The summed E-state index contributed by atoms with van der Waals surface area (Å²) < 4.78 is 27.6. The molecular formula is C12H12BrN3O2S. The minimum Gasteiger partial charge on any atom is -0.207 e. The van der Waals surface area contributed by atoms with Crippen LogP contribution in [0, 0.1) is 6.92 Å². The van der Waals surface area contributed by atoms with Gasteiger partial charge in [0.15, 0.2) is 0 Å². The van der Waals surface area contributed by atoms with E-state index in [2.05, 4.69) is 30.8 Å². The third-order valence-corrected chi connectivity index (χ3v) is 4.80. The number of sulfonamides is 1. The van der Waals surface area contributed by atoms with E-state index in [0.29, 0.717) is 5.69 Å². The van der Waals surface area contributed by atoms with Gasteiger partial charge in [0.1, 0.15) is 0 Å². The van der Waals surface area contributed by atoms with E-state index >= 15 is 0 Å². The van der Waals surface area contributed by atoms with Crippen molar-refractivity contribution in [3.63, 3.8) is 0 Å². The number of nitrogens with one attached hydrogen (secondary N) is 1. The van der Waals surface area contributed by atoms with Crippen LogP contribution in [0.25, 0.3) is 0 Å².